The van der Waals surface area contributed by atoms with Crippen LogP contribution in [0.1, 0.15) is 15.9 Å². The van der Waals surface area contributed by atoms with Gasteiger partial charge in [-0.3, -0.25) is 9.59 Å². The fourth-order valence-electron chi connectivity index (χ4n) is 1.96. The molecule has 2 N–H and O–H groups in total. The Kier molecular flexibility index (Phi) is 6.55. The number of hydrogen-bond acceptors (Lipinski definition) is 3. The summed E-state index contributed by atoms with van der Waals surface area (Å²) in [5.74, 6) is 4.45. The fourth-order valence-corrected chi connectivity index (χ4v) is 1.96. The van der Waals surface area contributed by atoms with Gasteiger partial charge in [-0.25, -0.2) is 4.39 Å². The van der Waals surface area contributed by atoms with E-state index in [0.717, 1.165) is 0 Å². The molecule has 0 aliphatic rings. The number of nitrogens with one attached hydrogen (secondary N) is 2. The molecule has 2 amide bonds. The number of benzene rings is 2. The summed E-state index contributed by atoms with van der Waals surface area (Å²) in [6.45, 7) is -0.223. The highest BCUT2D eigenvalue weighted by atomic mass is 19.1. The van der Waals surface area contributed by atoms with Crippen molar-refractivity contribution in [2.75, 3.05) is 20.2 Å². The molecule has 0 bridgehead atoms. The van der Waals surface area contributed by atoms with Gasteiger partial charge in [-0.1, -0.05) is 36.1 Å². The second-order valence-corrected chi connectivity index (χ2v) is 4.92. The van der Waals surface area contributed by atoms with Crippen molar-refractivity contribution in [2.24, 2.45) is 0 Å². The Morgan fingerprint density at radius 1 is 1.12 bits per heavy atom. The van der Waals surface area contributed by atoms with Gasteiger partial charge in [-0.15, -0.1) is 0 Å². The SMILES string of the molecule is CNC(=O)c1ccccc1C#CCNC(=O)COc1ccccc1F. The van der Waals surface area contributed by atoms with Crippen molar-refractivity contribution < 1.29 is 18.7 Å². The van der Waals surface area contributed by atoms with Crippen LogP contribution in [0.3, 0.4) is 0 Å². The third-order valence-electron chi connectivity index (χ3n) is 3.19. The highest BCUT2D eigenvalue weighted by molar-refractivity contribution is 5.96. The van der Waals surface area contributed by atoms with Gasteiger partial charge in [0.1, 0.15) is 0 Å². The van der Waals surface area contributed by atoms with Gasteiger partial charge in [0.25, 0.3) is 11.8 Å². The maximum Gasteiger partial charge on any atom is 0.258 e. The third-order valence-corrected chi connectivity index (χ3v) is 3.19. The second kappa shape index (κ2) is 9.08. The van der Waals surface area contributed by atoms with E-state index in [-0.39, 0.29) is 24.8 Å². The number of hydrogen-bond donors (Lipinski definition) is 2. The van der Waals surface area contributed by atoms with Crippen LogP contribution in [0.15, 0.2) is 48.5 Å². The van der Waals surface area contributed by atoms with Gasteiger partial charge in [0.05, 0.1) is 12.1 Å². The van der Waals surface area contributed by atoms with Gasteiger partial charge < -0.3 is 15.4 Å². The average Bonchev–Trinajstić information content (AvgIpc) is 2.64. The summed E-state index contributed by atoms with van der Waals surface area (Å²) in [5.41, 5.74) is 1.03. The Morgan fingerprint density at radius 3 is 2.60 bits per heavy atom. The zero-order valence-electron chi connectivity index (χ0n) is 13.6. The van der Waals surface area contributed by atoms with Crippen molar-refractivity contribution in [3.8, 4) is 17.6 Å². The first-order chi connectivity index (χ1) is 12.1. The smallest absolute Gasteiger partial charge is 0.258 e. The van der Waals surface area contributed by atoms with Crippen LogP contribution in [0, 0.1) is 17.7 Å². The molecule has 5 nitrogen and oxygen atoms in total. The summed E-state index contributed by atoms with van der Waals surface area (Å²) in [4.78, 5) is 23.4. The zero-order chi connectivity index (χ0) is 18.1. The van der Waals surface area contributed by atoms with Gasteiger partial charge >= 0.3 is 0 Å². The highest BCUT2D eigenvalue weighted by Gasteiger charge is 2.07. The lowest BCUT2D eigenvalue weighted by Crippen LogP contribution is -2.29. The van der Waals surface area contributed by atoms with Crippen molar-refractivity contribution in [1.29, 1.82) is 0 Å². The van der Waals surface area contributed by atoms with Gasteiger partial charge in [0.2, 0.25) is 0 Å². The van der Waals surface area contributed by atoms with E-state index < -0.39 is 11.7 Å². The minimum atomic E-state index is -0.527. The topological polar surface area (TPSA) is 67.4 Å². The van der Waals surface area contributed by atoms with Gasteiger partial charge in [-0.05, 0) is 24.3 Å². The second-order valence-electron chi connectivity index (χ2n) is 4.92. The molecular weight excluding hydrogens is 323 g/mol. The summed E-state index contributed by atoms with van der Waals surface area (Å²) in [6.07, 6.45) is 0. The lowest BCUT2D eigenvalue weighted by atomic mass is 10.1. The van der Waals surface area contributed by atoms with E-state index in [1.54, 1.807) is 37.4 Å². The van der Waals surface area contributed by atoms with Gasteiger partial charge in [-0.2, -0.15) is 0 Å². The third kappa shape index (κ3) is 5.36. The normalized spacial score (nSPS) is 9.52. The lowest BCUT2D eigenvalue weighted by molar-refractivity contribution is -0.122. The van der Waals surface area contributed by atoms with E-state index in [9.17, 15) is 14.0 Å². The van der Waals surface area contributed by atoms with Crippen molar-refractivity contribution >= 4 is 11.8 Å². The van der Waals surface area contributed by atoms with Gasteiger partial charge in [0.15, 0.2) is 18.2 Å². The molecule has 0 atom stereocenters. The van der Waals surface area contributed by atoms with Crippen LogP contribution in [-0.4, -0.2) is 32.0 Å². The molecule has 25 heavy (non-hydrogen) atoms. The monoisotopic (exact) mass is 340 g/mol. The molecule has 6 heteroatoms. The number of carbonyl (C=O) groups is 2. The van der Waals surface area contributed by atoms with E-state index in [1.807, 2.05) is 0 Å². The Morgan fingerprint density at radius 2 is 1.84 bits per heavy atom. The summed E-state index contributed by atoms with van der Waals surface area (Å²) >= 11 is 0. The molecule has 0 heterocycles. The number of carbonyl (C=O) groups excluding carboxylic acids is 2. The van der Waals surface area contributed by atoms with Crippen molar-refractivity contribution in [1.82, 2.24) is 10.6 Å². The van der Waals surface area contributed by atoms with E-state index in [2.05, 4.69) is 22.5 Å². The van der Waals surface area contributed by atoms with Crippen LogP contribution >= 0.6 is 0 Å². The molecule has 2 aromatic carbocycles. The molecule has 0 aliphatic heterocycles. The van der Waals surface area contributed by atoms with Crippen LogP contribution in [0.2, 0.25) is 0 Å². The molecule has 0 aromatic heterocycles. The van der Waals surface area contributed by atoms with Crippen molar-refractivity contribution in [3.05, 3.63) is 65.5 Å². The van der Waals surface area contributed by atoms with Crippen LogP contribution in [0.4, 0.5) is 4.39 Å². The number of amides is 2. The molecular formula is C19H17FN2O3. The average molecular weight is 340 g/mol. The molecule has 0 radical (unpaired) electrons. The van der Waals surface area contributed by atoms with Crippen LogP contribution in [0.5, 0.6) is 5.75 Å². The first kappa shape index (κ1) is 18.0. The fraction of sp³-hybridized carbons (Fsp3) is 0.158. The van der Waals surface area contributed by atoms with E-state index in [1.165, 1.54) is 18.2 Å². The van der Waals surface area contributed by atoms with E-state index >= 15 is 0 Å². The summed E-state index contributed by atoms with van der Waals surface area (Å²) in [7, 11) is 1.54. The number of rotatable bonds is 5. The lowest BCUT2D eigenvalue weighted by Gasteiger charge is -2.06. The Balaban J connectivity index is 1.85. The summed E-state index contributed by atoms with van der Waals surface area (Å²) < 4.78 is 18.4. The maximum absolute atomic E-state index is 13.4. The molecule has 0 spiro atoms. The van der Waals surface area contributed by atoms with Gasteiger partial charge in [0, 0.05) is 12.6 Å². The minimum Gasteiger partial charge on any atom is -0.481 e. The Labute approximate surface area is 145 Å². The molecule has 128 valence electrons. The largest absolute Gasteiger partial charge is 0.481 e. The van der Waals surface area contributed by atoms with E-state index in [0.29, 0.717) is 11.1 Å². The van der Waals surface area contributed by atoms with Crippen LogP contribution < -0.4 is 15.4 Å². The Hall–Kier alpha value is -3.33. The number of para-hydroxylation sites is 1. The minimum absolute atomic E-state index is 0.0169. The zero-order valence-corrected chi connectivity index (χ0v) is 13.6. The molecule has 2 rings (SSSR count). The van der Waals surface area contributed by atoms with Crippen LogP contribution in [-0.2, 0) is 4.79 Å². The molecule has 0 saturated carbocycles. The van der Waals surface area contributed by atoms with Crippen molar-refractivity contribution in [2.45, 2.75) is 0 Å². The van der Waals surface area contributed by atoms with Crippen molar-refractivity contribution in [3.63, 3.8) is 0 Å². The Bertz CT molecular complexity index is 825. The molecule has 0 saturated heterocycles. The highest BCUT2D eigenvalue weighted by Crippen LogP contribution is 2.14. The standard InChI is InChI=1S/C19H17FN2O3/c1-21-19(24)15-9-3-2-7-14(15)8-6-12-22-18(23)13-25-17-11-5-4-10-16(17)20/h2-5,7,9-11H,12-13H2,1H3,(H,21,24)(H,22,23). The molecule has 0 aliphatic carbocycles. The molecule has 0 unspecified atom stereocenters. The first-order valence-electron chi connectivity index (χ1n) is 7.56. The predicted octanol–water partition coefficient (Wildman–Crippen LogP) is 1.73. The summed E-state index contributed by atoms with van der Waals surface area (Å²) in [5, 5.41) is 5.09. The summed E-state index contributed by atoms with van der Waals surface area (Å²) in [6, 6.07) is 12.8. The molecule has 0 fully saturated rings. The maximum atomic E-state index is 13.4. The first-order valence-corrected chi connectivity index (χ1v) is 7.56. The van der Waals surface area contributed by atoms with Crippen LogP contribution in [0.25, 0.3) is 0 Å². The number of ether oxygens (including phenoxy) is 1. The number of halogens is 1. The van der Waals surface area contributed by atoms with E-state index in [4.69, 9.17) is 4.74 Å². The predicted molar refractivity (Wildman–Crippen MR) is 91.6 cm³/mol. The molecule has 2 aromatic rings. The quantitative estimate of drug-likeness (QED) is 0.815.